The average molecular weight is 900 g/mol. The van der Waals surface area contributed by atoms with E-state index in [-0.39, 0.29) is 32.1 Å². The standard InChI is InChI=1S/C12H14ClF3.4C12H18/c1-7-5-8(12(14,15)16)6-9(13)10(7)11(2,3)4;4*1-9-6-7-10(2)11(8-9)12(3,4)5/h5-6H,1-4H3;4*6-8H,1-5H3. The van der Waals surface area contributed by atoms with Crippen LogP contribution in [0, 0.1) is 62.3 Å². The minimum absolute atomic E-state index is 0.180. The van der Waals surface area contributed by atoms with Crippen molar-refractivity contribution in [2.45, 2.75) is 199 Å². The van der Waals surface area contributed by atoms with Crippen LogP contribution in [0.2, 0.25) is 5.02 Å². The second-order valence-electron chi connectivity index (χ2n) is 23.2. The molecule has 0 aliphatic rings. The fraction of sp³-hybridized carbons (Fsp3) is 0.500. The molecule has 0 saturated carbocycles. The van der Waals surface area contributed by atoms with Gasteiger partial charge in [0.2, 0.25) is 0 Å². The first-order valence-corrected chi connectivity index (χ1v) is 23.2. The van der Waals surface area contributed by atoms with Crippen molar-refractivity contribution in [3.05, 3.63) is 173 Å². The van der Waals surface area contributed by atoms with Crippen LogP contribution in [0.15, 0.2) is 84.9 Å². The Morgan fingerprint density at radius 2 is 0.547 bits per heavy atom. The molecule has 0 bridgehead atoms. The summed E-state index contributed by atoms with van der Waals surface area (Å²) in [5.74, 6) is 0. The molecule has 354 valence electrons. The average Bonchev–Trinajstić information content (AvgIpc) is 3.10. The lowest BCUT2D eigenvalue weighted by Crippen LogP contribution is -2.15. The molecule has 0 heterocycles. The van der Waals surface area contributed by atoms with Crippen LogP contribution >= 0.6 is 11.6 Å². The van der Waals surface area contributed by atoms with E-state index in [0.717, 1.165) is 17.7 Å². The van der Waals surface area contributed by atoms with E-state index in [1.54, 1.807) is 6.92 Å². The number of benzene rings is 5. The van der Waals surface area contributed by atoms with Gasteiger partial charge in [-0.2, -0.15) is 13.2 Å². The highest BCUT2D eigenvalue weighted by Gasteiger charge is 2.33. The summed E-state index contributed by atoms with van der Waals surface area (Å²) in [5.41, 5.74) is 18.3. The van der Waals surface area contributed by atoms with E-state index in [9.17, 15) is 13.2 Å². The van der Waals surface area contributed by atoms with Gasteiger partial charge in [0, 0.05) is 5.02 Å². The number of halogens is 4. The van der Waals surface area contributed by atoms with E-state index >= 15 is 0 Å². The van der Waals surface area contributed by atoms with Gasteiger partial charge in [-0.3, -0.25) is 0 Å². The second kappa shape index (κ2) is 22.6. The van der Waals surface area contributed by atoms with E-state index in [2.05, 4.69) is 211 Å². The molecular formula is C60H86ClF3. The van der Waals surface area contributed by atoms with Gasteiger partial charge in [0.05, 0.1) is 5.56 Å². The maximum atomic E-state index is 12.5. The van der Waals surface area contributed by atoms with Gasteiger partial charge in [-0.25, -0.2) is 0 Å². The summed E-state index contributed by atoms with van der Waals surface area (Å²) in [6.07, 6.45) is -4.34. The highest BCUT2D eigenvalue weighted by molar-refractivity contribution is 6.31. The third-order valence-electron chi connectivity index (χ3n) is 11.2. The third kappa shape index (κ3) is 19.0. The van der Waals surface area contributed by atoms with Crippen LogP contribution in [0.4, 0.5) is 13.2 Å². The summed E-state index contributed by atoms with van der Waals surface area (Å²) < 4.78 is 37.6. The minimum atomic E-state index is -4.34. The summed E-state index contributed by atoms with van der Waals surface area (Å²) in [5, 5.41) is 0.180. The summed E-state index contributed by atoms with van der Waals surface area (Å²) in [7, 11) is 0. The molecule has 0 aliphatic carbocycles. The lowest BCUT2D eigenvalue weighted by Gasteiger charge is -2.24. The van der Waals surface area contributed by atoms with Gasteiger partial charge in [-0.05, 0) is 157 Å². The molecule has 0 aromatic heterocycles. The van der Waals surface area contributed by atoms with E-state index in [4.69, 9.17) is 11.6 Å². The quantitative estimate of drug-likeness (QED) is 0.145. The fourth-order valence-corrected chi connectivity index (χ4v) is 8.58. The highest BCUT2D eigenvalue weighted by Crippen LogP contribution is 2.38. The number of aryl methyl sites for hydroxylation is 9. The molecule has 0 fully saturated rings. The first-order valence-electron chi connectivity index (χ1n) is 22.9. The summed E-state index contributed by atoms with van der Waals surface area (Å²) in [6.45, 7) is 51.8. The first-order chi connectivity index (χ1) is 28.7. The van der Waals surface area contributed by atoms with E-state index in [1.807, 2.05) is 20.8 Å². The number of hydrogen-bond acceptors (Lipinski definition) is 0. The Hall–Kier alpha value is -3.82. The molecule has 0 unspecified atom stereocenters. The van der Waals surface area contributed by atoms with Gasteiger partial charge >= 0.3 is 6.18 Å². The third-order valence-corrected chi connectivity index (χ3v) is 11.5. The van der Waals surface area contributed by atoms with Crippen LogP contribution in [-0.2, 0) is 33.3 Å². The van der Waals surface area contributed by atoms with Gasteiger partial charge in [0.25, 0.3) is 0 Å². The Labute approximate surface area is 395 Å². The largest absolute Gasteiger partial charge is 0.416 e. The molecule has 0 amide bonds. The zero-order valence-electron chi connectivity index (χ0n) is 44.6. The van der Waals surface area contributed by atoms with Gasteiger partial charge in [0.15, 0.2) is 0 Å². The van der Waals surface area contributed by atoms with Crippen molar-refractivity contribution in [1.29, 1.82) is 0 Å². The predicted octanol–water partition coefficient (Wildman–Crippen LogP) is 19.4. The monoisotopic (exact) mass is 899 g/mol. The van der Waals surface area contributed by atoms with Gasteiger partial charge in [0.1, 0.15) is 0 Å². The Balaban J connectivity index is 0.000000402. The molecule has 0 aliphatic heterocycles. The van der Waals surface area contributed by atoms with Crippen molar-refractivity contribution >= 4 is 11.6 Å². The van der Waals surface area contributed by atoms with Crippen molar-refractivity contribution in [3.63, 3.8) is 0 Å². The maximum Gasteiger partial charge on any atom is 0.416 e. The zero-order valence-corrected chi connectivity index (χ0v) is 45.4. The first kappa shape index (κ1) is 58.2. The van der Waals surface area contributed by atoms with Crippen LogP contribution in [-0.4, -0.2) is 0 Å². The molecule has 5 aromatic rings. The van der Waals surface area contributed by atoms with E-state index in [0.29, 0.717) is 5.56 Å². The van der Waals surface area contributed by atoms with Gasteiger partial charge in [-0.1, -0.05) is 211 Å². The van der Waals surface area contributed by atoms with Gasteiger partial charge in [-0.15, -0.1) is 0 Å². The smallest absolute Gasteiger partial charge is 0.166 e. The lowest BCUT2D eigenvalue weighted by atomic mass is 9.83. The molecule has 0 spiro atoms. The van der Waals surface area contributed by atoms with Crippen molar-refractivity contribution < 1.29 is 13.2 Å². The topological polar surface area (TPSA) is 0 Å². The number of rotatable bonds is 0. The second-order valence-corrected chi connectivity index (χ2v) is 23.6. The SMILES string of the molecule is Cc1cc(C(F)(F)F)cc(Cl)c1C(C)(C)C.Cc1ccc(C)c(C(C)(C)C)c1.Cc1ccc(C)c(C(C)(C)C)c1.Cc1ccc(C)c(C(C)(C)C)c1.Cc1ccc(C)c(C(C)(C)C)c1. The molecule has 0 N–H and O–H groups in total. The molecule has 5 aromatic carbocycles. The minimum Gasteiger partial charge on any atom is -0.166 e. The van der Waals surface area contributed by atoms with Gasteiger partial charge < -0.3 is 0 Å². The van der Waals surface area contributed by atoms with Crippen LogP contribution in [0.5, 0.6) is 0 Å². The highest BCUT2D eigenvalue weighted by atomic mass is 35.5. The number of hydrogen-bond donors (Lipinski definition) is 0. The van der Waals surface area contributed by atoms with E-state index in [1.165, 1.54) is 66.8 Å². The van der Waals surface area contributed by atoms with Crippen molar-refractivity contribution in [1.82, 2.24) is 0 Å². The molecule has 4 heteroatoms. The Bertz CT molecular complexity index is 2000. The Morgan fingerprint density at radius 3 is 0.703 bits per heavy atom. The summed E-state index contributed by atoms with van der Waals surface area (Å²) >= 11 is 5.93. The fourth-order valence-electron chi connectivity index (χ4n) is 8.03. The molecule has 5 rings (SSSR count). The molecule has 0 saturated heterocycles. The van der Waals surface area contributed by atoms with E-state index < -0.39 is 11.7 Å². The van der Waals surface area contributed by atoms with Crippen molar-refractivity contribution in [3.8, 4) is 0 Å². The lowest BCUT2D eigenvalue weighted by molar-refractivity contribution is -0.137. The molecule has 64 heavy (non-hydrogen) atoms. The molecule has 0 nitrogen and oxygen atoms in total. The normalized spacial score (nSPS) is 12.1. The predicted molar refractivity (Wildman–Crippen MR) is 278 cm³/mol. The van der Waals surface area contributed by atoms with Crippen LogP contribution < -0.4 is 0 Å². The zero-order chi connectivity index (χ0) is 50.1. The van der Waals surface area contributed by atoms with Crippen LogP contribution in [0.25, 0.3) is 0 Å². The maximum absolute atomic E-state index is 12.5. The molecule has 0 atom stereocenters. The van der Waals surface area contributed by atoms with Crippen molar-refractivity contribution in [2.75, 3.05) is 0 Å². The summed E-state index contributed by atoms with van der Waals surface area (Å²) in [4.78, 5) is 0. The Morgan fingerprint density at radius 1 is 0.312 bits per heavy atom. The number of alkyl halides is 3. The molecule has 0 radical (unpaired) electrons. The summed E-state index contributed by atoms with van der Waals surface area (Å²) in [6, 6.07) is 28.8. The van der Waals surface area contributed by atoms with Crippen LogP contribution in [0.3, 0.4) is 0 Å². The van der Waals surface area contributed by atoms with Crippen LogP contribution in [0.1, 0.15) is 187 Å². The molecular weight excluding hydrogens is 813 g/mol. The van der Waals surface area contributed by atoms with Crippen molar-refractivity contribution in [2.24, 2.45) is 0 Å². The Kier molecular flexibility index (Phi) is 20.5.